The average Bonchev–Trinajstić information content (AvgIpc) is 1.01. The molecular formula is C94H181NO8. The highest BCUT2D eigenvalue weighted by atomic mass is 16.7. The molecule has 9 heteroatoms. The molecule has 0 aromatic carbocycles. The van der Waals surface area contributed by atoms with Gasteiger partial charge in [0.05, 0.1) is 40.3 Å². The zero-order valence-corrected chi connectivity index (χ0v) is 70.2. The number of likely N-dealkylation sites (N-methyl/N-ethyl adjacent to an activating group) is 1. The van der Waals surface area contributed by atoms with Crippen LogP contribution in [-0.4, -0.2) is 82.3 Å². The molecule has 0 amide bonds. The first-order valence-corrected chi connectivity index (χ1v) is 46.5. The lowest BCUT2D eigenvalue weighted by Crippen LogP contribution is -2.44. The van der Waals surface area contributed by atoms with Gasteiger partial charge in [0.1, 0.15) is 13.2 Å². The first kappa shape index (κ1) is 101. The highest BCUT2D eigenvalue weighted by Crippen LogP contribution is 2.22. The molecular weight excluding hydrogens is 1270 g/mol. The SMILES string of the molecule is CCCCCCCCCC/C=C\CCCCCCCCCCCCCCCCCCCCCCCCCCCCCCCC(=O)OC(COC(=O)CCCCCCCCCCCCCCCCCCCCCCCCCCC/C=C\CCCCCCCCCC)COC(OCC[N+](C)(C)C)C(=O)[O-]. The van der Waals surface area contributed by atoms with Crippen LogP contribution in [0.3, 0.4) is 0 Å². The number of rotatable bonds is 89. The van der Waals surface area contributed by atoms with Crippen LogP contribution in [0.25, 0.3) is 0 Å². The van der Waals surface area contributed by atoms with Gasteiger partial charge in [0, 0.05) is 12.8 Å². The molecule has 0 aliphatic rings. The van der Waals surface area contributed by atoms with E-state index in [1.807, 2.05) is 21.1 Å². The van der Waals surface area contributed by atoms with Crippen LogP contribution in [-0.2, 0) is 33.3 Å². The molecule has 0 heterocycles. The lowest BCUT2D eigenvalue weighted by atomic mass is 10.0. The molecule has 0 aromatic rings. The van der Waals surface area contributed by atoms with Crippen molar-refractivity contribution in [2.45, 2.75) is 514 Å². The molecule has 0 aliphatic heterocycles. The molecule has 2 atom stereocenters. The van der Waals surface area contributed by atoms with Crippen molar-refractivity contribution in [3.63, 3.8) is 0 Å². The Kier molecular flexibility index (Phi) is 83.5. The van der Waals surface area contributed by atoms with E-state index in [1.54, 1.807) is 0 Å². The number of hydrogen-bond acceptors (Lipinski definition) is 8. The van der Waals surface area contributed by atoms with E-state index in [9.17, 15) is 19.5 Å². The van der Waals surface area contributed by atoms with Crippen LogP contribution in [0.5, 0.6) is 0 Å². The number of allylic oxidation sites excluding steroid dienone is 4. The fourth-order valence-electron chi connectivity index (χ4n) is 14.6. The third kappa shape index (κ3) is 86.9. The van der Waals surface area contributed by atoms with Crippen molar-refractivity contribution in [1.29, 1.82) is 0 Å². The number of esters is 2. The van der Waals surface area contributed by atoms with Crippen LogP contribution in [0.4, 0.5) is 0 Å². The second-order valence-corrected chi connectivity index (χ2v) is 33.3. The summed E-state index contributed by atoms with van der Waals surface area (Å²) in [7, 11) is 5.96. The number of aliphatic carboxylic acids is 1. The highest BCUT2D eigenvalue weighted by Gasteiger charge is 2.22. The molecule has 0 rings (SSSR count). The zero-order valence-electron chi connectivity index (χ0n) is 70.2. The Balaban J connectivity index is 3.86. The third-order valence-electron chi connectivity index (χ3n) is 21.7. The Bertz CT molecular complexity index is 1740. The van der Waals surface area contributed by atoms with E-state index in [0.29, 0.717) is 17.4 Å². The van der Waals surface area contributed by atoms with Crippen LogP contribution in [0.2, 0.25) is 0 Å². The van der Waals surface area contributed by atoms with Crippen LogP contribution < -0.4 is 5.11 Å². The van der Waals surface area contributed by atoms with E-state index < -0.39 is 24.3 Å². The van der Waals surface area contributed by atoms with Crippen molar-refractivity contribution in [1.82, 2.24) is 0 Å². The van der Waals surface area contributed by atoms with Crippen molar-refractivity contribution < 1.29 is 42.9 Å². The number of nitrogens with zero attached hydrogens (tertiary/aromatic N) is 1. The Morgan fingerprint density at radius 3 is 0.718 bits per heavy atom. The number of quaternary nitrogens is 1. The molecule has 0 N–H and O–H groups in total. The van der Waals surface area contributed by atoms with Gasteiger partial charge in [0.25, 0.3) is 0 Å². The number of carboxylic acids is 1. The number of carbonyl (C=O) groups excluding carboxylic acids is 3. The van der Waals surface area contributed by atoms with Gasteiger partial charge >= 0.3 is 11.9 Å². The average molecular weight is 1450 g/mol. The van der Waals surface area contributed by atoms with Gasteiger partial charge in [0.15, 0.2) is 12.4 Å². The summed E-state index contributed by atoms with van der Waals surface area (Å²) in [6.45, 7) is 4.85. The van der Waals surface area contributed by atoms with Crippen molar-refractivity contribution in [3.8, 4) is 0 Å². The van der Waals surface area contributed by atoms with Crippen LogP contribution in [0.1, 0.15) is 502 Å². The quantitative estimate of drug-likeness (QED) is 0.0195. The molecule has 0 aliphatic carbocycles. The molecule has 0 saturated carbocycles. The van der Waals surface area contributed by atoms with Gasteiger partial charge in [-0.2, -0.15) is 0 Å². The summed E-state index contributed by atoms with van der Waals surface area (Å²) in [4.78, 5) is 37.7. The number of unbranched alkanes of at least 4 members (excludes halogenated alkanes) is 70. The molecule has 610 valence electrons. The van der Waals surface area contributed by atoms with Gasteiger partial charge in [-0.1, -0.05) is 449 Å². The molecule has 103 heavy (non-hydrogen) atoms. The second-order valence-electron chi connectivity index (χ2n) is 33.3. The summed E-state index contributed by atoms with van der Waals surface area (Å²) in [6, 6.07) is 0. The lowest BCUT2D eigenvalue weighted by molar-refractivity contribution is -0.870. The number of ether oxygens (including phenoxy) is 4. The van der Waals surface area contributed by atoms with Gasteiger partial charge in [-0.3, -0.25) is 9.59 Å². The first-order chi connectivity index (χ1) is 50.6. The Labute approximate surface area is 643 Å². The molecule has 0 saturated heterocycles. The molecule has 0 fully saturated rings. The standard InChI is InChI=1S/C94H181NO8/c1-6-8-10-12-14-16-18-20-22-24-26-28-30-32-34-36-38-40-42-44-45-46-47-49-51-53-55-57-59-61-63-65-67-69-71-73-75-77-79-81-83-85-92(97)103-90(89-102-94(93(98)99)100-87-86-95(3,4)5)88-101-91(96)84-82-80-78-76-74-72-70-68-66-64-62-60-58-56-54-52-50-48-43-41-39-37-35-33-31-29-27-25-23-21-19-17-15-13-11-9-7-2/h24-27,90,94H,6-23,28-89H2,1-5H3/b26-24-,27-25-. The van der Waals surface area contributed by atoms with E-state index >= 15 is 0 Å². The maximum absolute atomic E-state index is 13.0. The third-order valence-corrected chi connectivity index (χ3v) is 21.7. The molecule has 9 nitrogen and oxygen atoms in total. The van der Waals surface area contributed by atoms with Crippen LogP contribution in [0, 0.1) is 0 Å². The largest absolute Gasteiger partial charge is 0.545 e. The molecule has 0 radical (unpaired) electrons. The molecule has 0 bridgehead atoms. The van der Waals surface area contributed by atoms with E-state index in [1.165, 1.54) is 437 Å². The summed E-state index contributed by atoms with van der Waals surface area (Å²) in [6.07, 6.45) is 108. The predicted molar refractivity (Wildman–Crippen MR) is 445 cm³/mol. The lowest BCUT2D eigenvalue weighted by Gasteiger charge is -2.26. The van der Waals surface area contributed by atoms with Gasteiger partial charge in [-0.15, -0.1) is 0 Å². The Hall–Kier alpha value is -2.23. The normalized spacial score (nSPS) is 12.6. The van der Waals surface area contributed by atoms with Crippen LogP contribution in [0.15, 0.2) is 24.3 Å². The number of carboxylic acid groups (broad SMARTS) is 1. The number of hydrogen-bond donors (Lipinski definition) is 0. The van der Waals surface area contributed by atoms with Gasteiger partial charge in [0.2, 0.25) is 0 Å². The van der Waals surface area contributed by atoms with Crippen molar-refractivity contribution in [2.24, 2.45) is 0 Å². The van der Waals surface area contributed by atoms with E-state index in [0.717, 1.165) is 38.5 Å². The monoisotopic (exact) mass is 1450 g/mol. The van der Waals surface area contributed by atoms with Crippen LogP contribution >= 0.6 is 0 Å². The minimum absolute atomic E-state index is 0.153. The fourth-order valence-corrected chi connectivity index (χ4v) is 14.6. The minimum Gasteiger partial charge on any atom is -0.545 e. The van der Waals surface area contributed by atoms with Gasteiger partial charge < -0.3 is 33.3 Å². The van der Waals surface area contributed by atoms with E-state index in [4.69, 9.17) is 18.9 Å². The highest BCUT2D eigenvalue weighted by molar-refractivity contribution is 5.70. The van der Waals surface area contributed by atoms with Gasteiger partial charge in [-0.25, -0.2) is 0 Å². The smallest absolute Gasteiger partial charge is 0.306 e. The second kappa shape index (κ2) is 85.4. The van der Waals surface area contributed by atoms with Crippen molar-refractivity contribution in [3.05, 3.63) is 24.3 Å². The van der Waals surface area contributed by atoms with Crippen molar-refractivity contribution in [2.75, 3.05) is 47.5 Å². The predicted octanol–water partition coefficient (Wildman–Crippen LogP) is 29.1. The van der Waals surface area contributed by atoms with E-state index in [-0.39, 0.29) is 32.2 Å². The first-order valence-electron chi connectivity index (χ1n) is 46.5. The maximum atomic E-state index is 13.0. The Morgan fingerprint density at radius 2 is 0.495 bits per heavy atom. The fraction of sp³-hybridized carbons (Fsp3) is 0.926. The number of carbonyl (C=O) groups is 3. The summed E-state index contributed by atoms with van der Waals surface area (Å²) in [5.74, 6) is -2.24. The summed E-state index contributed by atoms with van der Waals surface area (Å²) >= 11 is 0. The van der Waals surface area contributed by atoms with E-state index in [2.05, 4.69) is 38.2 Å². The summed E-state index contributed by atoms with van der Waals surface area (Å²) in [5.41, 5.74) is 0. The topological polar surface area (TPSA) is 111 Å². The Morgan fingerprint density at radius 1 is 0.282 bits per heavy atom. The van der Waals surface area contributed by atoms with Crippen molar-refractivity contribution >= 4 is 17.9 Å². The molecule has 0 spiro atoms. The maximum Gasteiger partial charge on any atom is 0.306 e. The van der Waals surface area contributed by atoms with Gasteiger partial charge in [-0.05, 0) is 64.2 Å². The minimum atomic E-state index is -1.62. The molecule has 0 aromatic heterocycles. The zero-order chi connectivity index (χ0) is 74.6. The summed E-state index contributed by atoms with van der Waals surface area (Å²) in [5, 5.41) is 11.9. The molecule has 2 unspecified atom stereocenters. The summed E-state index contributed by atoms with van der Waals surface area (Å²) < 4.78 is 22.9.